The van der Waals surface area contributed by atoms with Crippen LogP contribution in [0.4, 0.5) is 5.82 Å². The molecule has 8 nitrogen and oxygen atoms in total. The van der Waals surface area contributed by atoms with Crippen LogP contribution in [0.1, 0.15) is 49.6 Å². The van der Waals surface area contributed by atoms with Gasteiger partial charge in [0.15, 0.2) is 0 Å². The van der Waals surface area contributed by atoms with Crippen molar-refractivity contribution >= 4 is 11.7 Å². The van der Waals surface area contributed by atoms with Gasteiger partial charge in [-0.05, 0) is 66.4 Å². The number of pyridine rings is 3. The van der Waals surface area contributed by atoms with Gasteiger partial charge >= 0.3 is 0 Å². The summed E-state index contributed by atoms with van der Waals surface area (Å²) in [6.45, 7) is 4.57. The number of carbonyl (C=O) groups is 1. The number of nitrogens with zero attached hydrogens (tertiary/aromatic N) is 4. The van der Waals surface area contributed by atoms with Crippen molar-refractivity contribution in [2.75, 3.05) is 5.73 Å². The fraction of sp³-hybridized carbons (Fsp3) is 0.179. The molecule has 180 valence electrons. The Bertz CT molecular complexity index is 1490. The first kappa shape index (κ1) is 24.4. The number of nitrogen functional groups attached to an aromatic ring is 1. The van der Waals surface area contributed by atoms with Gasteiger partial charge in [-0.2, -0.15) is 5.26 Å². The molecule has 4 rings (SSSR count). The van der Waals surface area contributed by atoms with Crippen LogP contribution < -0.4 is 16.6 Å². The highest BCUT2D eigenvalue weighted by molar-refractivity contribution is 5.94. The molecule has 8 heteroatoms. The number of anilines is 1. The van der Waals surface area contributed by atoms with Crippen molar-refractivity contribution in [2.24, 2.45) is 0 Å². The van der Waals surface area contributed by atoms with Crippen LogP contribution >= 0.6 is 0 Å². The SMILES string of the molecule is Cc1cc(N)nc(C)c1CNC(=O)c1ccnc(Cc2ccc(Cn3cccc(C#N)c3=O)cc2)c1. The Hall–Kier alpha value is -4.77. The minimum Gasteiger partial charge on any atom is -0.384 e. The highest BCUT2D eigenvalue weighted by Gasteiger charge is 2.11. The van der Waals surface area contributed by atoms with Gasteiger partial charge in [0, 0.05) is 42.3 Å². The first-order chi connectivity index (χ1) is 17.3. The second-order valence-electron chi connectivity index (χ2n) is 8.61. The molecular weight excluding hydrogens is 452 g/mol. The smallest absolute Gasteiger partial charge is 0.268 e. The van der Waals surface area contributed by atoms with E-state index in [0.29, 0.717) is 30.9 Å². The molecule has 36 heavy (non-hydrogen) atoms. The maximum Gasteiger partial charge on any atom is 0.268 e. The Morgan fingerprint density at radius 2 is 1.86 bits per heavy atom. The van der Waals surface area contributed by atoms with E-state index in [1.165, 1.54) is 10.6 Å². The molecule has 0 radical (unpaired) electrons. The minimum atomic E-state index is -0.304. The maximum absolute atomic E-state index is 12.8. The number of aryl methyl sites for hydroxylation is 2. The number of nitrogens with two attached hydrogens (primary N) is 1. The Morgan fingerprint density at radius 3 is 2.58 bits per heavy atom. The predicted octanol–water partition coefficient (Wildman–Crippen LogP) is 3.28. The van der Waals surface area contributed by atoms with Gasteiger partial charge in [-0.1, -0.05) is 24.3 Å². The van der Waals surface area contributed by atoms with Crippen LogP contribution in [0.3, 0.4) is 0 Å². The van der Waals surface area contributed by atoms with Crippen molar-refractivity contribution in [2.45, 2.75) is 33.4 Å². The molecule has 1 amide bonds. The van der Waals surface area contributed by atoms with Crippen molar-refractivity contribution in [1.82, 2.24) is 19.9 Å². The lowest BCUT2D eigenvalue weighted by Crippen LogP contribution is -2.24. The number of rotatable bonds is 7. The number of hydrogen-bond acceptors (Lipinski definition) is 6. The Kier molecular flexibility index (Phi) is 7.21. The third kappa shape index (κ3) is 5.65. The minimum absolute atomic E-state index is 0.125. The number of carbonyl (C=O) groups excluding carboxylic acids is 1. The molecule has 0 aliphatic heterocycles. The number of nitriles is 1. The van der Waals surface area contributed by atoms with Crippen molar-refractivity contribution in [1.29, 1.82) is 5.26 Å². The standard InChI is InChI=1S/C28H26N6O2/c1-18-12-26(30)33-19(2)25(18)16-32-27(35)22-9-10-31-24(14-22)13-20-5-7-21(8-6-20)17-34-11-3-4-23(15-29)28(34)36/h3-12,14H,13,16-17H2,1-2H3,(H2,30,33)(H,32,35). The molecule has 3 N–H and O–H groups in total. The lowest BCUT2D eigenvalue weighted by atomic mass is 10.1. The molecule has 0 saturated heterocycles. The fourth-order valence-corrected chi connectivity index (χ4v) is 4.06. The number of aromatic nitrogens is 3. The summed E-state index contributed by atoms with van der Waals surface area (Å²) in [6, 6.07) is 18.2. The van der Waals surface area contributed by atoms with Crippen LogP contribution in [-0.2, 0) is 19.5 Å². The van der Waals surface area contributed by atoms with Crippen LogP contribution in [0.15, 0.2) is 71.8 Å². The number of hydrogen-bond donors (Lipinski definition) is 2. The van der Waals surface area contributed by atoms with E-state index >= 15 is 0 Å². The topological polar surface area (TPSA) is 127 Å². The number of benzene rings is 1. The second-order valence-corrected chi connectivity index (χ2v) is 8.61. The summed E-state index contributed by atoms with van der Waals surface area (Å²) in [7, 11) is 0. The third-order valence-electron chi connectivity index (χ3n) is 5.98. The molecule has 4 aromatic rings. The molecule has 0 aliphatic rings. The zero-order valence-electron chi connectivity index (χ0n) is 20.2. The zero-order valence-corrected chi connectivity index (χ0v) is 20.2. The molecule has 0 spiro atoms. The van der Waals surface area contributed by atoms with Gasteiger partial charge in [0.25, 0.3) is 11.5 Å². The van der Waals surface area contributed by atoms with Crippen molar-refractivity contribution < 1.29 is 4.79 Å². The van der Waals surface area contributed by atoms with Gasteiger partial charge in [-0.15, -0.1) is 0 Å². The van der Waals surface area contributed by atoms with Gasteiger partial charge in [-0.25, -0.2) is 4.98 Å². The van der Waals surface area contributed by atoms with E-state index < -0.39 is 0 Å². The first-order valence-electron chi connectivity index (χ1n) is 11.5. The Labute approximate surface area is 209 Å². The van der Waals surface area contributed by atoms with Crippen LogP contribution in [0.5, 0.6) is 0 Å². The molecule has 3 heterocycles. The van der Waals surface area contributed by atoms with E-state index in [1.807, 2.05) is 44.2 Å². The summed E-state index contributed by atoms with van der Waals surface area (Å²) in [5.74, 6) is 0.281. The van der Waals surface area contributed by atoms with Gasteiger partial charge in [0.05, 0.1) is 6.54 Å². The highest BCUT2D eigenvalue weighted by atomic mass is 16.1. The van der Waals surface area contributed by atoms with Crippen molar-refractivity contribution in [3.05, 3.63) is 122 Å². The summed E-state index contributed by atoms with van der Waals surface area (Å²) in [5, 5.41) is 12.0. The van der Waals surface area contributed by atoms with E-state index in [4.69, 9.17) is 11.0 Å². The van der Waals surface area contributed by atoms with E-state index in [9.17, 15) is 9.59 Å². The second kappa shape index (κ2) is 10.7. The molecule has 3 aromatic heterocycles. The monoisotopic (exact) mass is 478 g/mol. The van der Waals surface area contributed by atoms with E-state index in [2.05, 4.69) is 15.3 Å². The summed E-state index contributed by atoms with van der Waals surface area (Å²) in [4.78, 5) is 33.7. The zero-order chi connectivity index (χ0) is 25.7. The summed E-state index contributed by atoms with van der Waals surface area (Å²) in [5.41, 5.74) is 11.6. The van der Waals surface area contributed by atoms with Gasteiger partial charge in [0.2, 0.25) is 0 Å². The Balaban J connectivity index is 1.41. The van der Waals surface area contributed by atoms with Gasteiger partial charge < -0.3 is 15.6 Å². The molecule has 0 saturated carbocycles. The number of amides is 1. The van der Waals surface area contributed by atoms with Crippen molar-refractivity contribution in [3.63, 3.8) is 0 Å². The van der Waals surface area contributed by atoms with Crippen LogP contribution in [-0.4, -0.2) is 20.4 Å². The highest BCUT2D eigenvalue weighted by Crippen LogP contribution is 2.15. The quantitative estimate of drug-likeness (QED) is 0.420. The predicted molar refractivity (Wildman–Crippen MR) is 137 cm³/mol. The van der Waals surface area contributed by atoms with Crippen molar-refractivity contribution in [3.8, 4) is 6.07 Å². The van der Waals surface area contributed by atoms with E-state index in [-0.39, 0.29) is 17.0 Å². The van der Waals surface area contributed by atoms with Gasteiger partial charge in [-0.3, -0.25) is 14.6 Å². The van der Waals surface area contributed by atoms with E-state index in [1.54, 1.807) is 36.7 Å². The van der Waals surface area contributed by atoms with E-state index in [0.717, 1.165) is 33.6 Å². The first-order valence-corrected chi connectivity index (χ1v) is 11.5. The van der Waals surface area contributed by atoms with Gasteiger partial charge in [0.1, 0.15) is 17.5 Å². The molecule has 0 fully saturated rings. The molecule has 0 bridgehead atoms. The lowest BCUT2D eigenvalue weighted by molar-refractivity contribution is 0.0950. The Morgan fingerprint density at radius 1 is 1.11 bits per heavy atom. The molecule has 0 atom stereocenters. The normalized spacial score (nSPS) is 10.6. The number of nitrogens with one attached hydrogen (secondary N) is 1. The average Bonchev–Trinajstić information content (AvgIpc) is 2.86. The van der Waals surface area contributed by atoms with Crippen LogP contribution in [0.2, 0.25) is 0 Å². The largest absolute Gasteiger partial charge is 0.384 e. The summed E-state index contributed by atoms with van der Waals surface area (Å²) < 4.78 is 1.51. The fourth-order valence-electron chi connectivity index (χ4n) is 4.06. The maximum atomic E-state index is 12.8. The van der Waals surface area contributed by atoms with Crippen LogP contribution in [0.25, 0.3) is 0 Å². The molecule has 0 unspecified atom stereocenters. The average molecular weight is 479 g/mol. The third-order valence-corrected chi connectivity index (χ3v) is 5.98. The molecule has 1 aromatic carbocycles. The lowest BCUT2D eigenvalue weighted by Gasteiger charge is -2.12. The summed E-state index contributed by atoms with van der Waals surface area (Å²) in [6.07, 6.45) is 3.86. The molecular formula is C28H26N6O2. The summed E-state index contributed by atoms with van der Waals surface area (Å²) >= 11 is 0. The molecule has 0 aliphatic carbocycles. The van der Waals surface area contributed by atoms with Crippen LogP contribution in [0, 0.1) is 25.2 Å².